The summed E-state index contributed by atoms with van der Waals surface area (Å²) in [7, 11) is 0. The fourth-order valence-corrected chi connectivity index (χ4v) is 0.566. The molecule has 0 atom stereocenters. The molecule has 1 rings (SSSR count). The van der Waals surface area contributed by atoms with Gasteiger partial charge in [-0.1, -0.05) is 13.8 Å². The highest BCUT2D eigenvalue weighted by atomic mass is 19.1. The first kappa shape index (κ1) is 7.05. The summed E-state index contributed by atoms with van der Waals surface area (Å²) < 4.78 is 12.3. The predicted octanol–water partition coefficient (Wildman–Crippen LogP) is 1.13. The molecule has 0 bridgehead atoms. The Morgan fingerprint density at radius 3 is 2.50 bits per heavy atom. The number of hydrogen-bond donors (Lipinski definition) is 0. The van der Waals surface area contributed by atoms with Crippen molar-refractivity contribution in [2.45, 2.75) is 19.8 Å². The normalized spacial score (nSPS) is 10.4. The first-order valence-corrected chi connectivity index (χ1v) is 3.04. The Kier molecular flexibility index (Phi) is 1.89. The molecular formula is C6H8FN3. The van der Waals surface area contributed by atoms with E-state index in [9.17, 15) is 4.39 Å². The van der Waals surface area contributed by atoms with Gasteiger partial charge in [-0.25, -0.2) is 4.98 Å². The van der Waals surface area contributed by atoms with Gasteiger partial charge < -0.3 is 0 Å². The Labute approximate surface area is 58.4 Å². The van der Waals surface area contributed by atoms with Gasteiger partial charge in [0.1, 0.15) is 12.2 Å². The van der Waals surface area contributed by atoms with E-state index in [2.05, 4.69) is 15.0 Å². The minimum atomic E-state index is -0.710. The lowest BCUT2D eigenvalue weighted by molar-refractivity contribution is 0.516. The van der Waals surface area contributed by atoms with E-state index in [0.29, 0.717) is 5.82 Å². The summed E-state index contributed by atoms with van der Waals surface area (Å²) in [5, 5.41) is 0. The van der Waals surface area contributed by atoms with Crippen molar-refractivity contribution in [1.82, 2.24) is 15.0 Å². The largest absolute Gasteiger partial charge is 0.311 e. The van der Waals surface area contributed by atoms with E-state index in [1.807, 2.05) is 13.8 Å². The molecule has 0 spiro atoms. The Bertz CT molecular complexity index is 224. The van der Waals surface area contributed by atoms with Gasteiger partial charge in [-0.3, -0.25) is 0 Å². The molecule has 0 fully saturated rings. The number of rotatable bonds is 1. The van der Waals surface area contributed by atoms with Gasteiger partial charge in [-0.2, -0.15) is 14.4 Å². The molecule has 3 nitrogen and oxygen atoms in total. The summed E-state index contributed by atoms with van der Waals surface area (Å²) in [6, 6.07) is 0. The quantitative estimate of drug-likeness (QED) is 0.588. The molecule has 0 radical (unpaired) electrons. The topological polar surface area (TPSA) is 38.7 Å². The van der Waals surface area contributed by atoms with Gasteiger partial charge >= 0.3 is 6.08 Å². The van der Waals surface area contributed by atoms with Crippen LogP contribution in [0.5, 0.6) is 0 Å². The van der Waals surface area contributed by atoms with Crippen LogP contribution in [0, 0.1) is 6.08 Å². The fraction of sp³-hybridized carbons (Fsp3) is 0.500. The number of nitrogens with zero attached hydrogens (tertiary/aromatic N) is 3. The predicted molar refractivity (Wildman–Crippen MR) is 33.9 cm³/mol. The second-order valence-corrected chi connectivity index (χ2v) is 2.27. The first-order chi connectivity index (χ1) is 4.70. The van der Waals surface area contributed by atoms with Crippen LogP contribution >= 0.6 is 0 Å². The van der Waals surface area contributed by atoms with E-state index in [-0.39, 0.29) is 5.92 Å². The second kappa shape index (κ2) is 2.68. The number of hydrogen-bond acceptors (Lipinski definition) is 3. The molecule has 0 aliphatic carbocycles. The van der Waals surface area contributed by atoms with Crippen molar-refractivity contribution in [3.63, 3.8) is 0 Å². The third-order valence-electron chi connectivity index (χ3n) is 1.08. The summed E-state index contributed by atoms with van der Waals surface area (Å²) in [6.45, 7) is 3.80. The zero-order chi connectivity index (χ0) is 7.56. The van der Waals surface area contributed by atoms with E-state index < -0.39 is 6.08 Å². The SMILES string of the molecule is CC(C)c1ncnc(F)n1. The van der Waals surface area contributed by atoms with E-state index in [4.69, 9.17) is 0 Å². The molecule has 4 heteroatoms. The van der Waals surface area contributed by atoms with Crippen molar-refractivity contribution in [1.29, 1.82) is 0 Å². The standard InChI is InChI=1S/C6H8FN3/c1-4(2)5-8-3-9-6(7)10-5/h3-4H,1-2H3. The summed E-state index contributed by atoms with van der Waals surface area (Å²) in [5.74, 6) is 0.644. The molecule has 0 amide bonds. The summed E-state index contributed by atoms with van der Waals surface area (Å²) in [4.78, 5) is 10.5. The highest BCUT2D eigenvalue weighted by molar-refractivity contribution is 4.88. The molecular weight excluding hydrogens is 133 g/mol. The van der Waals surface area contributed by atoms with Crippen LogP contribution in [0.15, 0.2) is 6.33 Å². The van der Waals surface area contributed by atoms with E-state index >= 15 is 0 Å². The zero-order valence-electron chi connectivity index (χ0n) is 5.87. The Balaban J connectivity index is 2.96. The summed E-state index contributed by atoms with van der Waals surface area (Å²) in [5.41, 5.74) is 0. The Morgan fingerprint density at radius 2 is 2.10 bits per heavy atom. The molecule has 1 aromatic heterocycles. The van der Waals surface area contributed by atoms with Crippen molar-refractivity contribution >= 4 is 0 Å². The maximum Gasteiger partial charge on any atom is 0.311 e. The third kappa shape index (κ3) is 1.46. The van der Waals surface area contributed by atoms with Crippen LogP contribution in [0.4, 0.5) is 4.39 Å². The number of halogens is 1. The van der Waals surface area contributed by atoms with Crippen molar-refractivity contribution < 1.29 is 4.39 Å². The van der Waals surface area contributed by atoms with E-state index in [0.717, 1.165) is 0 Å². The maximum absolute atomic E-state index is 12.3. The maximum atomic E-state index is 12.3. The number of aromatic nitrogens is 3. The zero-order valence-corrected chi connectivity index (χ0v) is 5.87. The lowest BCUT2D eigenvalue weighted by Crippen LogP contribution is -2.00. The second-order valence-electron chi connectivity index (χ2n) is 2.27. The van der Waals surface area contributed by atoms with E-state index in [1.165, 1.54) is 6.33 Å². The lowest BCUT2D eigenvalue weighted by Gasteiger charge is -1.99. The van der Waals surface area contributed by atoms with Crippen LogP contribution in [-0.2, 0) is 0 Å². The molecule has 0 aliphatic heterocycles. The van der Waals surface area contributed by atoms with Gasteiger partial charge in [-0.05, 0) is 0 Å². The molecule has 0 unspecified atom stereocenters. The average molecular weight is 141 g/mol. The van der Waals surface area contributed by atoms with Gasteiger partial charge in [0, 0.05) is 5.92 Å². The molecule has 1 heterocycles. The molecule has 54 valence electrons. The molecule has 10 heavy (non-hydrogen) atoms. The minimum absolute atomic E-state index is 0.150. The summed E-state index contributed by atoms with van der Waals surface area (Å²) >= 11 is 0. The highest BCUT2D eigenvalue weighted by Crippen LogP contribution is 2.05. The molecule has 0 saturated carbocycles. The Hall–Kier alpha value is -1.06. The van der Waals surface area contributed by atoms with Crippen molar-refractivity contribution in [3.8, 4) is 0 Å². The van der Waals surface area contributed by atoms with Crippen LogP contribution in [0.25, 0.3) is 0 Å². The Morgan fingerprint density at radius 1 is 1.40 bits per heavy atom. The fourth-order valence-electron chi connectivity index (χ4n) is 0.566. The van der Waals surface area contributed by atoms with Crippen molar-refractivity contribution in [2.75, 3.05) is 0 Å². The minimum Gasteiger partial charge on any atom is -0.221 e. The molecule has 0 aliphatic rings. The van der Waals surface area contributed by atoms with Crippen LogP contribution in [0.1, 0.15) is 25.6 Å². The van der Waals surface area contributed by atoms with Crippen LogP contribution < -0.4 is 0 Å². The van der Waals surface area contributed by atoms with Crippen molar-refractivity contribution in [3.05, 3.63) is 18.2 Å². The van der Waals surface area contributed by atoms with Gasteiger partial charge in [0.2, 0.25) is 0 Å². The monoisotopic (exact) mass is 141 g/mol. The highest BCUT2D eigenvalue weighted by Gasteiger charge is 2.02. The summed E-state index contributed by atoms with van der Waals surface area (Å²) in [6.07, 6.45) is 0.469. The van der Waals surface area contributed by atoms with Gasteiger partial charge in [0.15, 0.2) is 0 Å². The van der Waals surface area contributed by atoms with Gasteiger partial charge in [0.05, 0.1) is 0 Å². The van der Waals surface area contributed by atoms with E-state index in [1.54, 1.807) is 0 Å². The van der Waals surface area contributed by atoms with Gasteiger partial charge in [0.25, 0.3) is 0 Å². The first-order valence-electron chi connectivity index (χ1n) is 3.04. The average Bonchev–Trinajstić information content (AvgIpc) is 1.88. The molecule has 0 saturated heterocycles. The van der Waals surface area contributed by atoms with Gasteiger partial charge in [-0.15, -0.1) is 0 Å². The lowest BCUT2D eigenvalue weighted by atomic mass is 10.2. The van der Waals surface area contributed by atoms with Crippen LogP contribution in [-0.4, -0.2) is 15.0 Å². The smallest absolute Gasteiger partial charge is 0.221 e. The molecule has 0 N–H and O–H groups in total. The van der Waals surface area contributed by atoms with Crippen LogP contribution in [0.2, 0.25) is 0 Å². The molecule has 0 aromatic carbocycles. The van der Waals surface area contributed by atoms with Crippen LogP contribution in [0.3, 0.4) is 0 Å². The molecule has 1 aromatic rings. The third-order valence-corrected chi connectivity index (χ3v) is 1.08. The van der Waals surface area contributed by atoms with Crippen molar-refractivity contribution in [2.24, 2.45) is 0 Å².